The van der Waals surface area contributed by atoms with Crippen LogP contribution in [0.2, 0.25) is 5.02 Å². The van der Waals surface area contributed by atoms with Crippen LogP contribution in [0.1, 0.15) is 103 Å². The molecule has 1 aromatic rings. The van der Waals surface area contributed by atoms with Crippen LogP contribution in [0.25, 0.3) is 0 Å². The van der Waals surface area contributed by atoms with Crippen molar-refractivity contribution in [2.45, 2.75) is 103 Å². The normalized spacial score (nSPS) is 10.9. The minimum atomic E-state index is 0.232. The summed E-state index contributed by atoms with van der Waals surface area (Å²) < 4.78 is 0. The molecule has 1 aromatic heterocycles. The molecule has 1 heterocycles. The molecule has 0 bridgehead atoms. The minimum absolute atomic E-state index is 0.232. The summed E-state index contributed by atoms with van der Waals surface area (Å²) in [6, 6.07) is 3.55. The SMILES string of the molecule is CCCCCCCCCCCCCCCCC(=O)CNc1ncccc1Cl. The Morgan fingerprint density at radius 1 is 0.889 bits per heavy atom. The summed E-state index contributed by atoms with van der Waals surface area (Å²) in [4.78, 5) is 16.0. The number of aromatic nitrogens is 1. The van der Waals surface area contributed by atoms with Crippen LogP contribution in [-0.4, -0.2) is 17.3 Å². The quantitative estimate of drug-likeness (QED) is 0.261. The molecule has 0 fully saturated rings. The van der Waals surface area contributed by atoms with Crippen LogP contribution in [-0.2, 0) is 4.79 Å². The van der Waals surface area contributed by atoms with Gasteiger partial charge in [-0.2, -0.15) is 0 Å². The first-order valence-electron chi connectivity index (χ1n) is 11.1. The number of unbranched alkanes of at least 4 members (excludes halogenated alkanes) is 13. The van der Waals surface area contributed by atoms with Crippen LogP contribution in [0.4, 0.5) is 5.82 Å². The molecule has 0 aliphatic rings. The van der Waals surface area contributed by atoms with Crippen LogP contribution >= 0.6 is 11.6 Å². The molecular formula is C23H39ClN2O. The molecule has 4 heteroatoms. The average molecular weight is 395 g/mol. The van der Waals surface area contributed by atoms with Crippen molar-refractivity contribution in [1.82, 2.24) is 4.98 Å². The van der Waals surface area contributed by atoms with Crippen LogP contribution in [0.3, 0.4) is 0 Å². The van der Waals surface area contributed by atoms with Crippen molar-refractivity contribution >= 4 is 23.2 Å². The Morgan fingerprint density at radius 2 is 1.41 bits per heavy atom. The van der Waals surface area contributed by atoms with Crippen LogP contribution in [0.5, 0.6) is 0 Å². The lowest BCUT2D eigenvalue weighted by Crippen LogP contribution is -2.14. The number of carbonyl (C=O) groups excluding carboxylic acids is 1. The number of ketones is 1. The van der Waals surface area contributed by atoms with Gasteiger partial charge in [-0.3, -0.25) is 4.79 Å². The lowest BCUT2D eigenvalue weighted by Gasteiger charge is -2.06. The van der Waals surface area contributed by atoms with Gasteiger partial charge in [-0.25, -0.2) is 4.98 Å². The fourth-order valence-electron chi connectivity index (χ4n) is 3.30. The second-order valence-electron chi connectivity index (χ2n) is 7.57. The summed E-state index contributed by atoms with van der Waals surface area (Å²) in [5.41, 5.74) is 0. The first-order chi connectivity index (χ1) is 13.2. The molecule has 0 aliphatic carbocycles. The highest BCUT2D eigenvalue weighted by atomic mass is 35.5. The van der Waals surface area contributed by atoms with E-state index in [1.54, 1.807) is 18.3 Å². The van der Waals surface area contributed by atoms with Gasteiger partial charge in [-0.05, 0) is 18.6 Å². The van der Waals surface area contributed by atoms with E-state index in [1.165, 1.54) is 77.0 Å². The Balaban J connectivity index is 1.83. The van der Waals surface area contributed by atoms with Gasteiger partial charge in [-0.1, -0.05) is 102 Å². The fraction of sp³-hybridized carbons (Fsp3) is 0.739. The topological polar surface area (TPSA) is 42.0 Å². The number of hydrogen-bond donors (Lipinski definition) is 1. The lowest BCUT2D eigenvalue weighted by molar-refractivity contribution is -0.117. The highest BCUT2D eigenvalue weighted by molar-refractivity contribution is 6.32. The molecule has 0 spiro atoms. The molecular weight excluding hydrogens is 356 g/mol. The Bertz CT molecular complexity index is 493. The number of rotatable bonds is 18. The van der Waals surface area contributed by atoms with Gasteiger partial charge in [0.1, 0.15) is 5.82 Å². The molecule has 1 N–H and O–H groups in total. The summed E-state index contributed by atoms with van der Waals surface area (Å²) in [5.74, 6) is 0.823. The summed E-state index contributed by atoms with van der Waals surface area (Å²) >= 11 is 6.01. The molecule has 27 heavy (non-hydrogen) atoms. The summed E-state index contributed by atoms with van der Waals surface area (Å²) in [6.07, 6.45) is 21.0. The third-order valence-corrected chi connectivity index (χ3v) is 5.33. The van der Waals surface area contributed by atoms with E-state index in [2.05, 4.69) is 17.2 Å². The largest absolute Gasteiger partial charge is 0.362 e. The van der Waals surface area contributed by atoms with E-state index in [4.69, 9.17) is 11.6 Å². The molecule has 0 unspecified atom stereocenters. The summed E-state index contributed by atoms with van der Waals surface area (Å²) in [6.45, 7) is 2.59. The van der Waals surface area contributed by atoms with Gasteiger partial charge in [0.2, 0.25) is 0 Å². The maximum Gasteiger partial charge on any atom is 0.151 e. The highest BCUT2D eigenvalue weighted by Crippen LogP contribution is 2.17. The van der Waals surface area contributed by atoms with Crippen molar-refractivity contribution in [1.29, 1.82) is 0 Å². The van der Waals surface area contributed by atoms with Crippen molar-refractivity contribution in [2.75, 3.05) is 11.9 Å². The molecule has 0 amide bonds. The Labute approximate surface area is 171 Å². The monoisotopic (exact) mass is 394 g/mol. The van der Waals surface area contributed by atoms with Crippen molar-refractivity contribution in [3.63, 3.8) is 0 Å². The zero-order valence-corrected chi connectivity index (χ0v) is 18.0. The van der Waals surface area contributed by atoms with Gasteiger partial charge < -0.3 is 5.32 Å². The van der Waals surface area contributed by atoms with Crippen molar-refractivity contribution in [3.05, 3.63) is 23.4 Å². The van der Waals surface area contributed by atoms with Crippen molar-refractivity contribution in [2.24, 2.45) is 0 Å². The van der Waals surface area contributed by atoms with E-state index in [1.807, 2.05) is 0 Å². The predicted molar refractivity (Wildman–Crippen MR) is 118 cm³/mol. The number of anilines is 1. The number of nitrogens with one attached hydrogen (secondary N) is 1. The minimum Gasteiger partial charge on any atom is -0.362 e. The number of hydrogen-bond acceptors (Lipinski definition) is 3. The maximum atomic E-state index is 11.9. The molecule has 0 radical (unpaired) electrons. The number of nitrogens with zero attached hydrogens (tertiary/aromatic N) is 1. The predicted octanol–water partition coefficient (Wildman–Crippen LogP) is 7.59. The number of halogens is 1. The first kappa shape index (κ1) is 23.9. The van der Waals surface area contributed by atoms with Gasteiger partial charge >= 0.3 is 0 Å². The van der Waals surface area contributed by atoms with Gasteiger partial charge in [0.25, 0.3) is 0 Å². The van der Waals surface area contributed by atoms with Crippen LogP contribution in [0.15, 0.2) is 18.3 Å². The molecule has 3 nitrogen and oxygen atoms in total. The molecule has 0 aliphatic heterocycles. The Kier molecular flexibility index (Phi) is 15.1. The van der Waals surface area contributed by atoms with E-state index in [-0.39, 0.29) is 5.78 Å². The van der Waals surface area contributed by atoms with Gasteiger partial charge in [0.15, 0.2) is 5.78 Å². The van der Waals surface area contributed by atoms with Crippen LogP contribution < -0.4 is 5.32 Å². The molecule has 0 atom stereocenters. The highest BCUT2D eigenvalue weighted by Gasteiger charge is 2.04. The van der Waals surface area contributed by atoms with Gasteiger partial charge in [-0.15, -0.1) is 0 Å². The smallest absolute Gasteiger partial charge is 0.151 e. The molecule has 0 saturated heterocycles. The summed E-state index contributed by atoms with van der Waals surface area (Å²) in [7, 11) is 0. The molecule has 154 valence electrons. The maximum absolute atomic E-state index is 11.9. The zero-order chi connectivity index (χ0) is 19.6. The van der Waals surface area contributed by atoms with Crippen LogP contribution in [0, 0.1) is 0 Å². The van der Waals surface area contributed by atoms with E-state index in [0.29, 0.717) is 23.8 Å². The number of pyridine rings is 1. The zero-order valence-electron chi connectivity index (χ0n) is 17.3. The lowest BCUT2D eigenvalue weighted by atomic mass is 10.0. The second kappa shape index (κ2) is 17.0. The standard InChI is InChI=1S/C23H39ClN2O/c1-2-3-4-5-6-7-8-9-10-11-12-13-14-15-17-21(27)20-26-23-22(24)18-16-19-25-23/h16,18-19H,2-15,17,20H2,1H3,(H,25,26). The molecule has 0 aromatic carbocycles. The van der Waals surface area contributed by atoms with Gasteiger partial charge in [0.05, 0.1) is 11.6 Å². The van der Waals surface area contributed by atoms with E-state index < -0.39 is 0 Å². The van der Waals surface area contributed by atoms with Crippen molar-refractivity contribution < 1.29 is 4.79 Å². The van der Waals surface area contributed by atoms with E-state index >= 15 is 0 Å². The third kappa shape index (κ3) is 13.7. The van der Waals surface area contributed by atoms with E-state index in [0.717, 1.165) is 12.8 Å². The average Bonchev–Trinajstić information content (AvgIpc) is 2.67. The first-order valence-corrected chi connectivity index (χ1v) is 11.5. The molecule has 1 rings (SSSR count). The van der Waals surface area contributed by atoms with E-state index in [9.17, 15) is 4.79 Å². The number of Topliss-reactive ketones (excluding diaryl/α,β-unsaturated/α-hetero) is 1. The number of carbonyl (C=O) groups is 1. The Morgan fingerprint density at radius 3 is 1.93 bits per heavy atom. The van der Waals surface area contributed by atoms with Gasteiger partial charge in [0, 0.05) is 12.6 Å². The van der Waals surface area contributed by atoms with Crippen molar-refractivity contribution in [3.8, 4) is 0 Å². The Hall–Kier alpha value is -1.09. The fourth-order valence-corrected chi connectivity index (χ4v) is 3.49. The third-order valence-electron chi connectivity index (χ3n) is 5.02. The molecule has 0 saturated carbocycles. The second-order valence-corrected chi connectivity index (χ2v) is 7.98. The summed E-state index contributed by atoms with van der Waals surface area (Å²) in [5, 5.41) is 3.58.